The fraction of sp³-hybridized carbons (Fsp3) is 0.296. The van der Waals surface area contributed by atoms with Crippen molar-refractivity contribution in [2.75, 3.05) is 19.8 Å². The van der Waals surface area contributed by atoms with Crippen LogP contribution in [-0.4, -0.2) is 67.5 Å². The van der Waals surface area contributed by atoms with Crippen LogP contribution in [0.25, 0.3) is 22.3 Å². The number of halogens is 1. The van der Waals surface area contributed by atoms with Crippen LogP contribution in [-0.2, 0) is 17.7 Å². The first-order valence-corrected chi connectivity index (χ1v) is 12.0. The van der Waals surface area contributed by atoms with Crippen molar-refractivity contribution >= 4 is 17.0 Å². The summed E-state index contributed by atoms with van der Waals surface area (Å²) in [5.41, 5.74) is 3.16. The largest absolute Gasteiger partial charge is 0.493 e. The SMILES string of the molecule is O=C(O)c1ccc2nc(Cc3ccc(-c4cccc(O)n4)cc3F)n(C[C@@H]3CCN3C3COC3)c2c1. The van der Waals surface area contributed by atoms with E-state index < -0.39 is 5.97 Å². The zero-order valence-electron chi connectivity index (χ0n) is 19.5. The Balaban J connectivity index is 1.34. The van der Waals surface area contributed by atoms with Gasteiger partial charge in [-0.05, 0) is 42.3 Å². The molecule has 2 aliphatic rings. The van der Waals surface area contributed by atoms with Crippen LogP contribution in [0, 0.1) is 5.82 Å². The molecule has 4 aromatic rings. The Hall–Kier alpha value is -3.82. The van der Waals surface area contributed by atoms with Crippen LogP contribution in [0.5, 0.6) is 5.88 Å². The molecule has 1 atom stereocenters. The topological polar surface area (TPSA) is 101 Å². The summed E-state index contributed by atoms with van der Waals surface area (Å²) in [5, 5.41) is 19.2. The molecule has 0 amide bonds. The van der Waals surface area contributed by atoms with Crippen molar-refractivity contribution in [3.05, 3.63) is 77.4 Å². The van der Waals surface area contributed by atoms with Gasteiger partial charge in [-0.25, -0.2) is 19.2 Å². The van der Waals surface area contributed by atoms with Crippen molar-refractivity contribution in [2.24, 2.45) is 0 Å². The smallest absolute Gasteiger partial charge is 0.335 e. The number of likely N-dealkylation sites (tertiary alicyclic amines) is 1. The van der Waals surface area contributed by atoms with Crippen LogP contribution >= 0.6 is 0 Å². The monoisotopic (exact) mass is 488 g/mol. The summed E-state index contributed by atoms with van der Waals surface area (Å²) in [6.07, 6.45) is 1.30. The Labute approximate surface area is 206 Å². The molecule has 2 saturated heterocycles. The number of carboxylic acids is 1. The van der Waals surface area contributed by atoms with Gasteiger partial charge in [0.25, 0.3) is 0 Å². The molecule has 0 spiro atoms. The summed E-state index contributed by atoms with van der Waals surface area (Å²) in [6.45, 7) is 3.14. The predicted octanol–water partition coefficient (Wildman–Crippen LogP) is 3.71. The number of nitrogens with zero attached hydrogens (tertiary/aromatic N) is 4. The average Bonchev–Trinajstić information content (AvgIpc) is 3.16. The lowest BCUT2D eigenvalue weighted by molar-refractivity contribution is -0.111. The van der Waals surface area contributed by atoms with Crippen molar-refractivity contribution in [3.63, 3.8) is 0 Å². The summed E-state index contributed by atoms with van der Waals surface area (Å²) < 4.78 is 22.6. The molecule has 9 heteroatoms. The van der Waals surface area contributed by atoms with Gasteiger partial charge in [0.05, 0.1) is 41.5 Å². The first-order valence-electron chi connectivity index (χ1n) is 12.0. The van der Waals surface area contributed by atoms with Crippen LogP contribution in [0.3, 0.4) is 0 Å². The van der Waals surface area contributed by atoms with Crippen LogP contribution < -0.4 is 0 Å². The number of benzene rings is 2. The molecule has 2 aromatic carbocycles. The fourth-order valence-corrected chi connectivity index (χ4v) is 5.01. The molecule has 2 aromatic heterocycles. The predicted molar refractivity (Wildman–Crippen MR) is 131 cm³/mol. The molecule has 0 saturated carbocycles. The second-order valence-corrected chi connectivity index (χ2v) is 9.38. The van der Waals surface area contributed by atoms with Gasteiger partial charge in [0, 0.05) is 37.2 Å². The highest BCUT2D eigenvalue weighted by Crippen LogP contribution is 2.30. The van der Waals surface area contributed by atoms with Gasteiger partial charge in [0.1, 0.15) is 11.6 Å². The van der Waals surface area contributed by atoms with E-state index in [1.165, 1.54) is 12.1 Å². The second-order valence-electron chi connectivity index (χ2n) is 9.38. The number of ether oxygens (including phenoxy) is 1. The van der Waals surface area contributed by atoms with Crippen molar-refractivity contribution in [3.8, 4) is 17.1 Å². The van der Waals surface area contributed by atoms with Crippen LogP contribution in [0.15, 0.2) is 54.6 Å². The van der Waals surface area contributed by atoms with Crippen molar-refractivity contribution in [1.29, 1.82) is 0 Å². The highest BCUT2D eigenvalue weighted by molar-refractivity contribution is 5.92. The summed E-state index contributed by atoms with van der Waals surface area (Å²) in [5.74, 6) is -0.819. The molecular weight excluding hydrogens is 463 g/mol. The number of carbonyl (C=O) groups is 1. The number of rotatable bonds is 7. The summed E-state index contributed by atoms with van der Waals surface area (Å²) in [4.78, 5) is 22.9. The van der Waals surface area contributed by atoms with Crippen molar-refractivity contribution in [1.82, 2.24) is 19.4 Å². The minimum absolute atomic E-state index is 0.120. The molecule has 6 rings (SSSR count). The maximum atomic E-state index is 15.2. The molecule has 0 radical (unpaired) electrons. The lowest BCUT2D eigenvalue weighted by Crippen LogP contribution is -2.61. The Morgan fingerprint density at radius 3 is 2.64 bits per heavy atom. The molecular formula is C27H25FN4O4. The first kappa shape index (κ1) is 22.6. The standard InChI is InChI=1S/C27H25FN4O4/c28-21-10-17(22-2-1-3-26(33)30-22)5-4-16(21)12-25-29-23-7-6-18(27(34)35)11-24(23)32(25)13-19-8-9-31(19)20-14-36-15-20/h1-7,10-11,19-20H,8-9,12-15H2,(H,30,33)(H,34,35)/t19-/m0/s1. The number of imidazole rings is 1. The third-order valence-electron chi connectivity index (χ3n) is 7.18. The Morgan fingerprint density at radius 1 is 1.11 bits per heavy atom. The number of pyridine rings is 1. The van der Waals surface area contributed by atoms with E-state index in [0.717, 1.165) is 31.7 Å². The number of aromatic hydroxyl groups is 1. The maximum absolute atomic E-state index is 15.2. The highest BCUT2D eigenvalue weighted by atomic mass is 19.1. The van der Waals surface area contributed by atoms with E-state index in [4.69, 9.17) is 9.72 Å². The maximum Gasteiger partial charge on any atom is 0.335 e. The van der Waals surface area contributed by atoms with E-state index in [2.05, 4.69) is 9.88 Å². The van der Waals surface area contributed by atoms with Gasteiger partial charge in [-0.1, -0.05) is 18.2 Å². The quantitative estimate of drug-likeness (QED) is 0.409. The number of aromatic carboxylic acids is 1. The Morgan fingerprint density at radius 2 is 1.97 bits per heavy atom. The van der Waals surface area contributed by atoms with Gasteiger partial charge in [0.2, 0.25) is 5.88 Å². The number of carboxylic acid groups (broad SMARTS) is 1. The van der Waals surface area contributed by atoms with E-state index in [1.807, 2.05) is 4.57 Å². The minimum atomic E-state index is -0.995. The number of hydrogen-bond acceptors (Lipinski definition) is 6. The lowest BCUT2D eigenvalue weighted by Gasteiger charge is -2.49. The molecule has 184 valence electrons. The molecule has 2 aliphatic heterocycles. The van der Waals surface area contributed by atoms with Gasteiger partial charge in [-0.2, -0.15) is 0 Å². The summed E-state index contributed by atoms with van der Waals surface area (Å²) >= 11 is 0. The highest BCUT2D eigenvalue weighted by Gasteiger charge is 2.38. The van der Waals surface area contributed by atoms with Gasteiger partial charge >= 0.3 is 5.97 Å². The van der Waals surface area contributed by atoms with Crippen molar-refractivity contribution in [2.45, 2.75) is 31.5 Å². The lowest BCUT2D eigenvalue weighted by atomic mass is 9.98. The van der Waals surface area contributed by atoms with E-state index in [1.54, 1.807) is 42.5 Å². The van der Waals surface area contributed by atoms with Crippen LogP contribution in [0.4, 0.5) is 4.39 Å². The molecule has 2 N–H and O–H groups in total. The van der Waals surface area contributed by atoms with E-state index in [9.17, 15) is 15.0 Å². The third kappa shape index (κ3) is 4.10. The number of fused-ring (bicyclic) bond motifs is 1. The molecule has 36 heavy (non-hydrogen) atoms. The summed E-state index contributed by atoms with van der Waals surface area (Å²) in [7, 11) is 0. The Kier molecular flexibility index (Phi) is 5.66. The van der Waals surface area contributed by atoms with E-state index in [0.29, 0.717) is 46.8 Å². The van der Waals surface area contributed by atoms with Gasteiger partial charge in [0.15, 0.2) is 0 Å². The van der Waals surface area contributed by atoms with Gasteiger partial charge in [-0.15, -0.1) is 0 Å². The van der Waals surface area contributed by atoms with Crippen LogP contribution in [0.1, 0.15) is 28.2 Å². The minimum Gasteiger partial charge on any atom is -0.493 e. The Bertz CT molecular complexity index is 1470. The first-order chi connectivity index (χ1) is 17.5. The average molecular weight is 489 g/mol. The second kappa shape index (κ2) is 9.00. The van der Waals surface area contributed by atoms with E-state index in [-0.39, 0.29) is 23.7 Å². The number of hydrogen-bond donors (Lipinski definition) is 2. The number of aromatic nitrogens is 3. The van der Waals surface area contributed by atoms with E-state index >= 15 is 4.39 Å². The molecule has 0 aliphatic carbocycles. The van der Waals surface area contributed by atoms with Crippen LogP contribution in [0.2, 0.25) is 0 Å². The van der Waals surface area contributed by atoms with Crippen molar-refractivity contribution < 1.29 is 24.1 Å². The molecule has 4 heterocycles. The zero-order valence-corrected chi connectivity index (χ0v) is 19.5. The van der Waals surface area contributed by atoms with Gasteiger partial charge in [-0.3, -0.25) is 4.90 Å². The van der Waals surface area contributed by atoms with Gasteiger partial charge < -0.3 is 19.5 Å². The zero-order chi connectivity index (χ0) is 24.8. The molecule has 0 bridgehead atoms. The fourth-order valence-electron chi connectivity index (χ4n) is 5.01. The molecule has 8 nitrogen and oxygen atoms in total. The third-order valence-corrected chi connectivity index (χ3v) is 7.18. The summed E-state index contributed by atoms with van der Waals surface area (Å²) in [6, 6.07) is 15.4. The normalized spacial score (nSPS) is 18.2. The molecule has 2 fully saturated rings. The molecule has 0 unspecified atom stereocenters.